The lowest BCUT2D eigenvalue weighted by atomic mass is 9.99. The zero-order valence-electron chi connectivity index (χ0n) is 22.1. The first kappa shape index (κ1) is 30.9. The fourth-order valence-corrected chi connectivity index (χ4v) is 4.82. The van der Waals surface area contributed by atoms with Gasteiger partial charge in [0.25, 0.3) is 0 Å². The van der Waals surface area contributed by atoms with Gasteiger partial charge in [0.15, 0.2) is 5.76 Å². The lowest BCUT2D eigenvalue weighted by molar-refractivity contribution is -0.277. The van der Waals surface area contributed by atoms with Crippen LogP contribution in [0.5, 0.6) is 23.0 Å². The molecule has 10 atom stereocenters. The molecule has 2 fully saturated rings. The van der Waals surface area contributed by atoms with E-state index in [0.717, 1.165) is 12.1 Å². The van der Waals surface area contributed by atoms with Crippen molar-refractivity contribution >= 4 is 11.0 Å². The molecular formula is C27H30O16. The third-order valence-electron chi connectivity index (χ3n) is 7.22. The number of ether oxygens (including phenoxy) is 4. The van der Waals surface area contributed by atoms with Crippen LogP contribution >= 0.6 is 0 Å². The largest absolute Gasteiger partial charge is 0.508 e. The minimum atomic E-state index is -1.89. The van der Waals surface area contributed by atoms with Crippen molar-refractivity contribution < 1.29 is 74.4 Å². The van der Waals surface area contributed by atoms with Crippen LogP contribution in [0.1, 0.15) is 0 Å². The number of hydrogen-bond acceptors (Lipinski definition) is 16. The molecule has 3 aromatic rings. The summed E-state index contributed by atoms with van der Waals surface area (Å²) in [5, 5.41) is 100. The Bertz CT molecular complexity index is 1490. The van der Waals surface area contributed by atoms with Crippen LogP contribution in [0.3, 0.4) is 0 Å². The van der Waals surface area contributed by atoms with Gasteiger partial charge in [0.1, 0.15) is 77.0 Å². The van der Waals surface area contributed by atoms with Gasteiger partial charge in [0, 0.05) is 17.7 Å². The maximum absolute atomic E-state index is 13.7. The summed E-state index contributed by atoms with van der Waals surface area (Å²) >= 11 is 0. The fourth-order valence-electron chi connectivity index (χ4n) is 4.82. The SMILES string of the molecule is O=c1c(OC2O[C@@H](CO)[C@H](O)[C@@H](O)[C@@H]2O)c(-c2ccc(O)cc2)oc2cc(OC3O[C@H](CO)[C@@H](O)[C@H](O)[C@H]3O)cc(O)c12. The second-order valence-corrected chi connectivity index (χ2v) is 10.1. The Balaban J connectivity index is 1.58. The number of rotatable bonds is 7. The molecular weight excluding hydrogens is 580 g/mol. The van der Waals surface area contributed by atoms with E-state index in [1.54, 1.807) is 0 Å². The van der Waals surface area contributed by atoms with Gasteiger partial charge in [-0.2, -0.15) is 0 Å². The van der Waals surface area contributed by atoms with E-state index in [-0.39, 0.29) is 28.4 Å². The molecule has 0 aliphatic carbocycles. The average Bonchev–Trinajstić information content (AvgIpc) is 2.98. The van der Waals surface area contributed by atoms with E-state index < -0.39 is 96.9 Å². The fraction of sp³-hybridized carbons (Fsp3) is 0.444. The third kappa shape index (κ3) is 5.73. The number of aliphatic hydroxyl groups excluding tert-OH is 8. The molecule has 16 nitrogen and oxygen atoms in total. The number of aliphatic hydroxyl groups is 8. The van der Waals surface area contributed by atoms with E-state index >= 15 is 0 Å². The van der Waals surface area contributed by atoms with Gasteiger partial charge in [-0.3, -0.25) is 4.79 Å². The number of benzene rings is 2. The molecule has 2 unspecified atom stereocenters. The molecule has 2 aliphatic heterocycles. The van der Waals surface area contributed by atoms with Crippen molar-refractivity contribution in [1.29, 1.82) is 0 Å². The van der Waals surface area contributed by atoms with E-state index in [9.17, 15) is 55.9 Å². The minimum absolute atomic E-state index is 0.129. The molecule has 0 spiro atoms. The Kier molecular flexibility index (Phi) is 8.77. The van der Waals surface area contributed by atoms with Crippen molar-refractivity contribution in [3.8, 4) is 34.3 Å². The summed E-state index contributed by atoms with van der Waals surface area (Å²) in [6.07, 6.45) is -16.6. The van der Waals surface area contributed by atoms with Crippen LogP contribution in [-0.4, -0.2) is 126 Å². The maximum atomic E-state index is 13.7. The summed E-state index contributed by atoms with van der Waals surface area (Å²) in [4.78, 5) is 13.7. The Morgan fingerprint density at radius 2 is 1.23 bits per heavy atom. The summed E-state index contributed by atoms with van der Waals surface area (Å²) in [5.41, 5.74) is -1.11. The molecule has 2 aromatic carbocycles. The Morgan fingerprint density at radius 3 is 1.77 bits per heavy atom. The molecule has 5 rings (SSSR count). The molecule has 2 aliphatic rings. The smallest absolute Gasteiger partial charge is 0.239 e. The van der Waals surface area contributed by atoms with Crippen molar-refractivity contribution in [1.82, 2.24) is 0 Å². The van der Waals surface area contributed by atoms with E-state index in [1.165, 1.54) is 24.3 Å². The van der Waals surface area contributed by atoms with E-state index in [2.05, 4.69) is 0 Å². The molecule has 0 amide bonds. The normalized spacial score (nSPS) is 32.9. The van der Waals surface area contributed by atoms with Crippen LogP contribution in [0.4, 0.5) is 0 Å². The molecule has 234 valence electrons. The summed E-state index contributed by atoms with van der Waals surface area (Å²) in [6, 6.07) is 7.35. The number of hydrogen-bond donors (Lipinski definition) is 10. The minimum Gasteiger partial charge on any atom is -0.508 e. The van der Waals surface area contributed by atoms with Gasteiger partial charge in [-0.25, -0.2) is 0 Å². The summed E-state index contributed by atoms with van der Waals surface area (Å²) in [5.74, 6) is -1.96. The van der Waals surface area contributed by atoms with Gasteiger partial charge in [-0.15, -0.1) is 0 Å². The highest BCUT2D eigenvalue weighted by Gasteiger charge is 2.46. The number of phenolic OH excluding ortho intramolecular Hbond substituents is 2. The second kappa shape index (κ2) is 12.2. The number of phenols is 2. The highest BCUT2D eigenvalue weighted by atomic mass is 16.7. The van der Waals surface area contributed by atoms with Crippen LogP contribution in [-0.2, 0) is 9.47 Å². The first-order valence-electron chi connectivity index (χ1n) is 13.0. The second-order valence-electron chi connectivity index (χ2n) is 10.1. The predicted octanol–water partition coefficient (Wildman–Crippen LogP) is -2.77. The van der Waals surface area contributed by atoms with E-state index in [0.29, 0.717) is 0 Å². The van der Waals surface area contributed by atoms with Gasteiger partial charge in [0.05, 0.1) is 13.2 Å². The third-order valence-corrected chi connectivity index (χ3v) is 7.22. The number of aromatic hydroxyl groups is 2. The van der Waals surface area contributed by atoms with Crippen LogP contribution in [0.2, 0.25) is 0 Å². The molecule has 16 heteroatoms. The van der Waals surface area contributed by atoms with Gasteiger partial charge in [0.2, 0.25) is 23.8 Å². The van der Waals surface area contributed by atoms with E-state index in [4.69, 9.17) is 23.4 Å². The Hall–Kier alpha value is -3.55. The standard InChI is InChI=1S/C27H30O16/c28-7-14-17(32)20(35)22(37)26(41-14)39-11-5-12(31)16-13(6-11)40-24(9-1-3-10(30)4-2-9)25(19(16)34)43-27-23(38)21(36)18(33)15(8-29)42-27/h1-6,14-15,17-18,20-23,26-33,35-38H,7-8H2/t14-,15+,17-,18+,20+,21-,22-,23+,26?,27?/m1/s1. The molecule has 0 bridgehead atoms. The predicted molar refractivity (Wildman–Crippen MR) is 140 cm³/mol. The van der Waals surface area contributed by atoms with Crippen LogP contribution in [0, 0.1) is 0 Å². The lowest BCUT2D eigenvalue weighted by Crippen LogP contribution is -2.60. The van der Waals surface area contributed by atoms with Gasteiger partial charge in [-0.05, 0) is 24.3 Å². The van der Waals surface area contributed by atoms with Crippen molar-refractivity contribution in [2.24, 2.45) is 0 Å². The molecule has 0 saturated carbocycles. The van der Waals surface area contributed by atoms with Gasteiger partial charge in [-0.1, -0.05) is 0 Å². The van der Waals surface area contributed by atoms with Crippen molar-refractivity contribution in [3.63, 3.8) is 0 Å². The molecule has 10 N–H and O–H groups in total. The van der Waals surface area contributed by atoms with Crippen molar-refractivity contribution in [2.45, 2.75) is 61.4 Å². The quantitative estimate of drug-likeness (QED) is 0.130. The molecule has 3 heterocycles. The van der Waals surface area contributed by atoms with Crippen LogP contribution < -0.4 is 14.9 Å². The molecule has 2 saturated heterocycles. The van der Waals surface area contributed by atoms with Gasteiger partial charge < -0.3 is 74.4 Å². The van der Waals surface area contributed by atoms with Gasteiger partial charge >= 0.3 is 0 Å². The Morgan fingerprint density at radius 1 is 0.698 bits per heavy atom. The molecule has 1 aromatic heterocycles. The molecule has 43 heavy (non-hydrogen) atoms. The lowest BCUT2D eigenvalue weighted by Gasteiger charge is -2.39. The highest BCUT2D eigenvalue weighted by Crippen LogP contribution is 2.38. The van der Waals surface area contributed by atoms with Crippen molar-refractivity contribution in [3.05, 3.63) is 46.6 Å². The Labute approximate surface area is 241 Å². The average molecular weight is 611 g/mol. The first-order chi connectivity index (χ1) is 20.4. The van der Waals surface area contributed by atoms with Crippen LogP contribution in [0.15, 0.2) is 45.6 Å². The zero-order chi connectivity index (χ0) is 31.2. The summed E-state index contributed by atoms with van der Waals surface area (Å²) < 4.78 is 27.8. The topological polar surface area (TPSA) is 269 Å². The highest BCUT2D eigenvalue weighted by molar-refractivity contribution is 5.88. The summed E-state index contributed by atoms with van der Waals surface area (Å²) in [6.45, 7) is -1.48. The summed E-state index contributed by atoms with van der Waals surface area (Å²) in [7, 11) is 0. The monoisotopic (exact) mass is 610 g/mol. The maximum Gasteiger partial charge on any atom is 0.239 e. The van der Waals surface area contributed by atoms with E-state index in [1.807, 2.05) is 0 Å². The molecule has 0 radical (unpaired) electrons. The van der Waals surface area contributed by atoms with Crippen molar-refractivity contribution in [2.75, 3.05) is 13.2 Å². The zero-order valence-corrected chi connectivity index (χ0v) is 22.1. The van der Waals surface area contributed by atoms with Crippen LogP contribution in [0.25, 0.3) is 22.3 Å². The number of fused-ring (bicyclic) bond motifs is 1. The first-order valence-corrected chi connectivity index (χ1v) is 13.0.